The molecule has 1 N–H and O–H groups in total. The number of halogens is 1. The molecule has 0 spiro atoms. The summed E-state index contributed by atoms with van der Waals surface area (Å²) in [5.74, 6) is 0. The van der Waals surface area contributed by atoms with Crippen LogP contribution in [-0.2, 0) is 13.0 Å². The Morgan fingerprint density at radius 2 is 1.89 bits per heavy atom. The first-order valence-corrected chi connectivity index (χ1v) is 8.29. The number of hydrogen-bond donors (Lipinski definition) is 1. The fourth-order valence-corrected chi connectivity index (χ4v) is 2.82. The summed E-state index contributed by atoms with van der Waals surface area (Å²) in [7, 11) is 0. The van der Waals surface area contributed by atoms with Gasteiger partial charge in [0.2, 0.25) is 0 Å². The number of unbranched alkanes of at least 4 members (excludes halogenated alkanes) is 4. The summed E-state index contributed by atoms with van der Waals surface area (Å²) < 4.78 is 3.04. The Morgan fingerprint density at radius 3 is 2.53 bits per heavy atom. The average Bonchev–Trinajstić information content (AvgIpc) is 2.66. The number of aliphatic hydroxyl groups is 1. The summed E-state index contributed by atoms with van der Waals surface area (Å²) in [5.41, 5.74) is 2.13. The quantitative estimate of drug-likeness (QED) is 0.688. The van der Waals surface area contributed by atoms with E-state index in [0.29, 0.717) is 6.42 Å². The van der Waals surface area contributed by atoms with Crippen LogP contribution in [0.5, 0.6) is 0 Å². The van der Waals surface area contributed by atoms with Crippen molar-refractivity contribution in [2.75, 3.05) is 0 Å². The predicted octanol–water partition coefficient (Wildman–Crippen LogP) is 4.24. The minimum Gasteiger partial charge on any atom is -0.393 e. The zero-order chi connectivity index (χ0) is 14.3. The summed E-state index contributed by atoms with van der Waals surface area (Å²) >= 11 is 3.58. The van der Waals surface area contributed by atoms with Crippen LogP contribution in [0.15, 0.2) is 4.47 Å². The number of aryl methyl sites for hydroxylation is 2. The maximum atomic E-state index is 10.2. The lowest BCUT2D eigenvalue weighted by Crippen LogP contribution is -2.14. The molecule has 4 heteroatoms. The van der Waals surface area contributed by atoms with Crippen molar-refractivity contribution in [1.82, 2.24) is 9.78 Å². The molecule has 0 radical (unpaired) electrons. The van der Waals surface area contributed by atoms with Crippen LogP contribution in [0, 0.1) is 6.92 Å². The van der Waals surface area contributed by atoms with E-state index in [1.807, 2.05) is 11.6 Å². The van der Waals surface area contributed by atoms with Crippen LogP contribution >= 0.6 is 15.9 Å². The molecule has 1 atom stereocenters. The molecule has 0 saturated heterocycles. The minimum atomic E-state index is -0.251. The van der Waals surface area contributed by atoms with E-state index in [-0.39, 0.29) is 6.10 Å². The monoisotopic (exact) mass is 330 g/mol. The lowest BCUT2D eigenvalue weighted by molar-refractivity contribution is 0.158. The van der Waals surface area contributed by atoms with E-state index < -0.39 is 0 Å². The first-order valence-electron chi connectivity index (χ1n) is 7.49. The SMILES string of the molecule is CCCCCCCC(O)Cc1c(Br)c(C)nn1CC. The second-order valence-electron chi connectivity index (χ2n) is 5.22. The predicted molar refractivity (Wildman–Crippen MR) is 83.4 cm³/mol. The van der Waals surface area contributed by atoms with Gasteiger partial charge in [-0.05, 0) is 36.2 Å². The summed E-state index contributed by atoms with van der Waals surface area (Å²) in [6.07, 6.45) is 7.56. The van der Waals surface area contributed by atoms with Gasteiger partial charge in [-0.1, -0.05) is 39.0 Å². The van der Waals surface area contributed by atoms with Crippen LogP contribution in [0.4, 0.5) is 0 Å². The van der Waals surface area contributed by atoms with Crippen LogP contribution in [0.25, 0.3) is 0 Å². The van der Waals surface area contributed by atoms with Gasteiger partial charge >= 0.3 is 0 Å². The van der Waals surface area contributed by atoms with Gasteiger partial charge in [0.15, 0.2) is 0 Å². The lowest BCUT2D eigenvalue weighted by atomic mass is 10.0. The van der Waals surface area contributed by atoms with Crippen molar-refractivity contribution in [1.29, 1.82) is 0 Å². The average molecular weight is 331 g/mol. The van der Waals surface area contributed by atoms with Crippen LogP contribution in [-0.4, -0.2) is 21.0 Å². The number of nitrogens with zero attached hydrogens (tertiary/aromatic N) is 2. The fraction of sp³-hybridized carbons (Fsp3) is 0.800. The van der Waals surface area contributed by atoms with Gasteiger partial charge in [0, 0.05) is 13.0 Å². The van der Waals surface area contributed by atoms with Crippen molar-refractivity contribution in [3.05, 3.63) is 15.9 Å². The Hall–Kier alpha value is -0.350. The molecule has 0 amide bonds. The van der Waals surface area contributed by atoms with Crippen LogP contribution in [0.3, 0.4) is 0 Å². The molecule has 1 unspecified atom stereocenters. The Labute approximate surface area is 125 Å². The summed E-state index contributed by atoms with van der Waals surface area (Å²) in [6, 6.07) is 0. The first-order chi connectivity index (χ1) is 9.10. The van der Waals surface area contributed by atoms with E-state index in [1.54, 1.807) is 0 Å². The molecule has 0 aliphatic heterocycles. The van der Waals surface area contributed by atoms with Crippen molar-refractivity contribution in [3.63, 3.8) is 0 Å². The van der Waals surface area contributed by atoms with E-state index in [4.69, 9.17) is 0 Å². The van der Waals surface area contributed by atoms with E-state index in [2.05, 4.69) is 34.9 Å². The highest BCUT2D eigenvalue weighted by atomic mass is 79.9. The fourth-order valence-electron chi connectivity index (χ4n) is 2.37. The number of aliphatic hydroxyl groups excluding tert-OH is 1. The zero-order valence-electron chi connectivity index (χ0n) is 12.5. The topological polar surface area (TPSA) is 38.1 Å². The van der Waals surface area contributed by atoms with E-state index >= 15 is 0 Å². The van der Waals surface area contributed by atoms with Gasteiger partial charge in [-0.25, -0.2) is 0 Å². The van der Waals surface area contributed by atoms with Gasteiger partial charge in [0.05, 0.1) is 22.0 Å². The molecule has 0 bridgehead atoms. The van der Waals surface area contributed by atoms with Crippen molar-refractivity contribution in [2.45, 2.75) is 78.4 Å². The van der Waals surface area contributed by atoms with E-state index in [0.717, 1.165) is 35.2 Å². The summed E-state index contributed by atoms with van der Waals surface area (Å²) in [6.45, 7) is 7.15. The Balaban J connectivity index is 2.41. The third-order valence-electron chi connectivity index (χ3n) is 3.52. The third kappa shape index (κ3) is 5.27. The standard InChI is InChI=1S/C15H27BrN2O/c1-4-6-7-8-9-10-13(19)11-14-15(16)12(3)17-18(14)5-2/h13,19H,4-11H2,1-3H3. The lowest BCUT2D eigenvalue weighted by Gasteiger charge is -2.12. The minimum absolute atomic E-state index is 0.251. The van der Waals surface area contributed by atoms with Gasteiger partial charge in [-0.3, -0.25) is 4.68 Å². The molecule has 1 aromatic rings. The molecule has 110 valence electrons. The van der Waals surface area contributed by atoms with E-state index in [1.165, 1.54) is 25.7 Å². The first kappa shape index (κ1) is 16.7. The maximum Gasteiger partial charge on any atom is 0.0738 e. The highest BCUT2D eigenvalue weighted by Crippen LogP contribution is 2.23. The van der Waals surface area contributed by atoms with Crippen LogP contribution in [0.2, 0.25) is 0 Å². The molecule has 0 saturated carbocycles. The van der Waals surface area contributed by atoms with E-state index in [9.17, 15) is 5.11 Å². The molecular weight excluding hydrogens is 304 g/mol. The molecule has 1 heterocycles. The van der Waals surface area contributed by atoms with Gasteiger partial charge in [-0.15, -0.1) is 0 Å². The second-order valence-corrected chi connectivity index (χ2v) is 6.02. The summed E-state index contributed by atoms with van der Waals surface area (Å²) in [5, 5.41) is 14.6. The molecule has 1 aromatic heterocycles. The Morgan fingerprint density at radius 1 is 1.21 bits per heavy atom. The maximum absolute atomic E-state index is 10.2. The Bertz CT molecular complexity index is 376. The highest BCUT2D eigenvalue weighted by molar-refractivity contribution is 9.10. The summed E-state index contributed by atoms with van der Waals surface area (Å²) in [4.78, 5) is 0. The van der Waals surface area contributed by atoms with Gasteiger partial charge in [0.1, 0.15) is 0 Å². The molecular formula is C15H27BrN2O. The smallest absolute Gasteiger partial charge is 0.0738 e. The second kappa shape index (κ2) is 8.75. The normalized spacial score (nSPS) is 12.9. The number of rotatable bonds is 9. The molecule has 19 heavy (non-hydrogen) atoms. The van der Waals surface area contributed by atoms with Crippen molar-refractivity contribution < 1.29 is 5.11 Å². The third-order valence-corrected chi connectivity index (χ3v) is 4.55. The Kier molecular flexibility index (Phi) is 7.69. The van der Waals surface area contributed by atoms with Crippen molar-refractivity contribution in [3.8, 4) is 0 Å². The zero-order valence-corrected chi connectivity index (χ0v) is 14.0. The highest BCUT2D eigenvalue weighted by Gasteiger charge is 2.15. The van der Waals surface area contributed by atoms with Crippen LogP contribution in [0.1, 0.15) is 63.8 Å². The number of hydrogen-bond acceptors (Lipinski definition) is 2. The molecule has 3 nitrogen and oxygen atoms in total. The van der Waals surface area contributed by atoms with Crippen molar-refractivity contribution >= 4 is 15.9 Å². The van der Waals surface area contributed by atoms with Crippen LogP contribution < -0.4 is 0 Å². The largest absolute Gasteiger partial charge is 0.393 e. The molecule has 0 aliphatic carbocycles. The van der Waals surface area contributed by atoms with Gasteiger partial charge in [-0.2, -0.15) is 5.10 Å². The molecule has 0 fully saturated rings. The molecule has 1 rings (SSSR count). The van der Waals surface area contributed by atoms with Crippen molar-refractivity contribution in [2.24, 2.45) is 0 Å². The van der Waals surface area contributed by atoms with Gasteiger partial charge < -0.3 is 5.11 Å². The number of aromatic nitrogens is 2. The molecule has 0 aromatic carbocycles. The molecule has 0 aliphatic rings. The van der Waals surface area contributed by atoms with Gasteiger partial charge in [0.25, 0.3) is 0 Å².